The fourth-order valence-corrected chi connectivity index (χ4v) is 9.70. The molecule has 0 atom stereocenters. The molecule has 2 aromatic carbocycles. The average Bonchev–Trinajstić information content (AvgIpc) is 3.40. The van der Waals surface area contributed by atoms with Crippen LogP contribution in [0.25, 0.3) is 11.1 Å². The van der Waals surface area contributed by atoms with E-state index >= 15 is 0 Å². The van der Waals surface area contributed by atoms with Crippen molar-refractivity contribution in [2.75, 3.05) is 13.2 Å². The molecule has 408 valence electrons. The molecular formula is C67H108N2O2Pd. The summed E-state index contributed by atoms with van der Waals surface area (Å²) < 4.78 is 10.5. The van der Waals surface area contributed by atoms with E-state index in [2.05, 4.69) is 124 Å². The molecule has 5 heteroatoms. The first kappa shape index (κ1) is 67.1. The molecule has 0 unspecified atom stereocenters. The molecule has 0 aliphatic carbocycles. The molecule has 0 spiro atoms. The second-order valence-electron chi connectivity index (χ2n) is 20.2. The van der Waals surface area contributed by atoms with Crippen molar-refractivity contribution < 1.29 is 30.4 Å². The van der Waals surface area contributed by atoms with Crippen molar-refractivity contribution in [3.05, 3.63) is 88.0 Å². The van der Waals surface area contributed by atoms with Gasteiger partial charge in [0, 0.05) is 19.3 Å². The molecule has 0 heterocycles. The van der Waals surface area contributed by atoms with Crippen LogP contribution in [0.4, 0.5) is 0 Å². The van der Waals surface area contributed by atoms with Crippen LogP contribution in [-0.2, 0) is 38.5 Å². The topological polar surface area (TPSA) is 54.9 Å². The maximum atomic E-state index is 9.62. The molecule has 0 radical (unpaired) electrons. The van der Waals surface area contributed by atoms with Gasteiger partial charge in [0.15, 0.2) is 5.57 Å². The first-order valence-electron chi connectivity index (χ1n) is 30.3. The zero-order valence-corrected chi connectivity index (χ0v) is 49.0. The number of allylic oxidation sites excluding steroid dienone is 2. The van der Waals surface area contributed by atoms with E-state index in [0.717, 1.165) is 76.6 Å². The fraction of sp³-hybridized carbons (Fsp3) is 0.701. The number of aryl methyl sites for hydroxylation is 2. The zero-order chi connectivity index (χ0) is 51.9. The SMILES string of the molecule is CCCCCCCCCCCCCCC#CC(=C=[N+]=[N-])C=C(c1cccc(CCCC)c1)c1ccccc1CCCC#CCCCCCCCCCCCCCCCCCC.CCCC[O][Pd][O]CCCC. The minimum absolute atomic E-state index is 0.0757. The van der Waals surface area contributed by atoms with Gasteiger partial charge in [-0.2, -0.15) is 0 Å². The molecule has 0 N–H and O–H groups in total. The van der Waals surface area contributed by atoms with Crippen LogP contribution in [0.2, 0.25) is 0 Å². The Kier molecular flexibility index (Phi) is 50.6. The summed E-state index contributed by atoms with van der Waals surface area (Å²) in [6, 6.07) is 17.7. The van der Waals surface area contributed by atoms with Gasteiger partial charge in [0.25, 0.3) is 0 Å². The Labute approximate surface area is 455 Å². The van der Waals surface area contributed by atoms with E-state index in [9.17, 15) is 5.53 Å². The molecule has 0 aliphatic rings. The van der Waals surface area contributed by atoms with Crippen LogP contribution in [0.1, 0.15) is 301 Å². The Morgan fingerprint density at radius 1 is 0.472 bits per heavy atom. The Hall–Kier alpha value is -2.96. The molecule has 0 saturated carbocycles. The number of hydrogen-bond donors (Lipinski definition) is 0. The summed E-state index contributed by atoms with van der Waals surface area (Å²) in [4.78, 5) is 3.33. The molecule has 2 rings (SSSR count). The van der Waals surface area contributed by atoms with Crippen molar-refractivity contribution in [1.29, 1.82) is 0 Å². The molecule has 0 aliphatic heterocycles. The van der Waals surface area contributed by atoms with Gasteiger partial charge in [0.2, 0.25) is 0 Å². The van der Waals surface area contributed by atoms with Gasteiger partial charge in [-0.1, -0.05) is 255 Å². The number of rotatable bonds is 45. The number of nitrogens with zero attached hydrogens (tertiary/aromatic N) is 2. The first-order chi connectivity index (χ1) is 35.6. The Morgan fingerprint density at radius 3 is 1.40 bits per heavy atom. The van der Waals surface area contributed by atoms with Crippen LogP contribution in [-0.4, -0.2) is 23.9 Å². The minimum atomic E-state index is 0.0757. The zero-order valence-electron chi connectivity index (χ0n) is 47.4. The van der Waals surface area contributed by atoms with E-state index in [-0.39, 0.29) is 18.7 Å². The van der Waals surface area contributed by atoms with Gasteiger partial charge >= 0.3 is 84.3 Å². The standard InChI is InChI=1S/C59H90N2.2C4H9O.Pd/c1-4-7-10-12-14-16-18-20-22-23-24-25-26-27-28-30-32-34-36-38-40-47-56-48-41-42-50-58(56)59(57-49-43-46-54(51-57)44-9-6-3)52-55(53-61-60)45-39-37-35-33-31-29-21-19-17-15-13-11-8-5-2;2*1-2-3-4-5;/h41-43,46,48-52H,4-33,35,37-38,40,44,47H2,1-3H3;2*2-4H2,1H3;/q;2*-1;+2. The van der Waals surface area contributed by atoms with E-state index in [1.165, 1.54) is 221 Å². The van der Waals surface area contributed by atoms with E-state index < -0.39 is 0 Å². The van der Waals surface area contributed by atoms with E-state index in [1.54, 1.807) is 0 Å². The third-order valence-electron chi connectivity index (χ3n) is 13.4. The molecule has 2 aromatic rings. The van der Waals surface area contributed by atoms with Crippen LogP contribution < -0.4 is 0 Å². The van der Waals surface area contributed by atoms with Gasteiger partial charge in [0.1, 0.15) is 0 Å². The first-order valence-corrected chi connectivity index (χ1v) is 31.6. The van der Waals surface area contributed by atoms with Crippen molar-refractivity contribution in [2.45, 2.75) is 291 Å². The third kappa shape index (κ3) is 41.4. The summed E-state index contributed by atoms with van der Waals surface area (Å²) in [5.74, 6) is 16.5. The molecule has 0 bridgehead atoms. The molecule has 0 saturated heterocycles. The van der Waals surface area contributed by atoms with Crippen LogP contribution >= 0.6 is 0 Å². The van der Waals surface area contributed by atoms with Gasteiger partial charge in [0.05, 0.1) is 0 Å². The van der Waals surface area contributed by atoms with Crippen LogP contribution in [0.5, 0.6) is 0 Å². The Morgan fingerprint density at radius 2 is 0.917 bits per heavy atom. The number of benzene rings is 2. The summed E-state index contributed by atoms with van der Waals surface area (Å²) in [7, 11) is 0. The van der Waals surface area contributed by atoms with E-state index in [1.807, 2.05) is 0 Å². The van der Waals surface area contributed by atoms with Crippen molar-refractivity contribution in [3.63, 3.8) is 0 Å². The normalized spacial score (nSPS) is 11.0. The second-order valence-corrected chi connectivity index (χ2v) is 21.4. The predicted octanol–water partition coefficient (Wildman–Crippen LogP) is 20.9. The van der Waals surface area contributed by atoms with E-state index in [4.69, 9.17) is 6.92 Å². The average molecular weight is 1080 g/mol. The summed E-state index contributed by atoms with van der Waals surface area (Å²) in [5.41, 5.74) is 16.4. The summed E-state index contributed by atoms with van der Waals surface area (Å²) in [5, 5.41) is 0. The number of unbranched alkanes of at least 4 members (excludes halogenated alkanes) is 32. The fourth-order valence-electron chi connectivity index (χ4n) is 8.86. The molecule has 4 nitrogen and oxygen atoms in total. The molecule has 0 aromatic heterocycles. The van der Waals surface area contributed by atoms with Crippen molar-refractivity contribution >= 4 is 11.4 Å². The monoisotopic (exact) mass is 1080 g/mol. The van der Waals surface area contributed by atoms with Crippen LogP contribution in [0.3, 0.4) is 0 Å². The molecular weight excluding hydrogens is 971 g/mol. The third-order valence-corrected chi connectivity index (χ3v) is 14.4. The van der Waals surface area contributed by atoms with Gasteiger partial charge in [-0.25, -0.2) is 0 Å². The van der Waals surface area contributed by atoms with Gasteiger partial charge < -0.3 is 5.53 Å². The van der Waals surface area contributed by atoms with Crippen LogP contribution in [0, 0.1) is 23.7 Å². The maximum absolute atomic E-state index is 9.62. The quantitative estimate of drug-likeness (QED) is 0.0126. The van der Waals surface area contributed by atoms with E-state index in [0.29, 0.717) is 5.57 Å². The van der Waals surface area contributed by atoms with Crippen LogP contribution in [0.15, 0.2) is 60.2 Å². The Bertz CT molecular complexity index is 1770. The molecule has 72 heavy (non-hydrogen) atoms. The summed E-state index contributed by atoms with van der Waals surface area (Å²) in [6.07, 6.45) is 53.5. The summed E-state index contributed by atoms with van der Waals surface area (Å²) >= 11 is 0.0757. The van der Waals surface area contributed by atoms with Crippen molar-refractivity contribution in [2.24, 2.45) is 0 Å². The van der Waals surface area contributed by atoms with Gasteiger partial charge in [-0.15, -0.1) is 16.6 Å². The van der Waals surface area contributed by atoms with Gasteiger partial charge in [-0.05, 0) is 72.4 Å². The number of hydrogen-bond acceptors (Lipinski definition) is 2. The predicted molar refractivity (Wildman–Crippen MR) is 311 cm³/mol. The second kappa shape index (κ2) is 54.3. The molecule has 0 fully saturated rings. The van der Waals surface area contributed by atoms with Crippen molar-refractivity contribution in [3.8, 4) is 23.7 Å². The molecule has 0 amide bonds. The van der Waals surface area contributed by atoms with Crippen molar-refractivity contribution in [1.82, 2.24) is 0 Å². The Balaban J connectivity index is 0.00000209. The summed E-state index contributed by atoms with van der Waals surface area (Å²) in [6.45, 7) is 12.9. The van der Waals surface area contributed by atoms with Gasteiger partial charge in [-0.3, -0.25) is 0 Å².